The molecule has 0 bridgehead atoms. The molecule has 0 spiro atoms. The largest absolute Gasteiger partial charge is 0.353 e. The Labute approximate surface area is 77.3 Å². The van der Waals surface area contributed by atoms with Crippen molar-refractivity contribution in [1.82, 2.24) is 5.43 Å². The van der Waals surface area contributed by atoms with Crippen molar-refractivity contribution in [3.8, 4) is 0 Å². The second-order valence-corrected chi connectivity index (χ2v) is 3.50. The van der Waals surface area contributed by atoms with E-state index in [4.69, 9.17) is 0 Å². The van der Waals surface area contributed by atoms with E-state index in [1.54, 1.807) is 17.5 Å². The fourth-order valence-corrected chi connectivity index (χ4v) is 1.77. The number of carbonyl (C=O) groups excluding carboxylic acids is 1. The predicted molar refractivity (Wildman–Crippen MR) is 46.2 cm³/mol. The van der Waals surface area contributed by atoms with Crippen LogP contribution in [-0.2, 0) is 4.79 Å². The number of thiophene rings is 1. The van der Waals surface area contributed by atoms with Gasteiger partial charge in [0.05, 0.1) is 4.88 Å². The van der Waals surface area contributed by atoms with Gasteiger partial charge in [0.15, 0.2) is 0 Å². The first kappa shape index (κ1) is 8.36. The van der Waals surface area contributed by atoms with Crippen LogP contribution in [-0.4, -0.2) is 27.6 Å². The van der Waals surface area contributed by atoms with Crippen molar-refractivity contribution < 1.29 is 15.0 Å². The molecule has 68 valence electrons. The number of nitrogens with zero attached hydrogens (tertiary/aromatic N) is 1. The second-order valence-electron chi connectivity index (χ2n) is 2.55. The summed E-state index contributed by atoms with van der Waals surface area (Å²) < 4.78 is 0. The number of rotatable bonds is 1. The molecule has 6 heteroatoms. The first-order valence-corrected chi connectivity index (χ1v) is 4.37. The van der Waals surface area contributed by atoms with Gasteiger partial charge in [-0.25, -0.2) is 5.43 Å². The van der Waals surface area contributed by atoms with Crippen LogP contribution in [0.5, 0.6) is 0 Å². The van der Waals surface area contributed by atoms with Gasteiger partial charge in [0.25, 0.3) is 5.79 Å². The highest BCUT2D eigenvalue weighted by atomic mass is 32.1. The summed E-state index contributed by atoms with van der Waals surface area (Å²) in [5, 5.41) is 23.9. The van der Waals surface area contributed by atoms with E-state index in [9.17, 15) is 15.0 Å². The van der Waals surface area contributed by atoms with Crippen molar-refractivity contribution in [2.45, 2.75) is 5.79 Å². The van der Waals surface area contributed by atoms with Crippen LogP contribution < -0.4 is 5.43 Å². The van der Waals surface area contributed by atoms with Crippen LogP contribution in [0.2, 0.25) is 0 Å². The molecule has 2 heterocycles. The quantitative estimate of drug-likeness (QED) is 0.520. The zero-order valence-electron chi connectivity index (χ0n) is 6.39. The summed E-state index contributed by atoms with van der Waals surface area (Å²) in [6.45, 7) is 0. The highest BCUT2D eigenvalue weighted by Gasteiger charge is 2.45. The molecule has 0 aliphatic carbocycles. The molecule has 0 aromatic carbocycles. The molecule has 0 saturated heterocycles. The molecule has 3 N–H and O–H groups in total. The Balaban J connectivity index is 2.42. The molecule has 1 aromatic rings. The van der Waals surface area contributed by atoms with Crippen LogP contribution in [0.15, 0.2) is 22.6 Å². The maximum atomic E-state index is 10.9. The van der Waals surface area contributed by atoms with Crippen molar-refractivity contribution in [1.29, 1.82) is 0 Å². The van der Waals surface area contributed by atoms with Crippen LogP contribution in [0, 0.1) is 0 Å². The molecule has 1 aliphatic heterocycles. The molecule has 13 heavy (non-hydrogen) atoms. The maximum absolute atomic E-state index is 10.9. The topological polar surface area (TPSA) is 81.9 Å². The lowest BCUT2D eigenvalue weighted by Crippen LogP contribution is -2.45. The minimum Gasteiger partial charge on any atom is -0.353 e. The van der Waals surface area contributed by atoms with Crippen LogP contribution in [0.1, 0.15) is 4.88 Å². The summed E-state index contributed by atoms with van der Waals surface area (Å²) in [5.41, 5.74) is 1.96. The van der Waals surface area contributed by atoms with Gasteiger partial charge < -0.3 is 10.2 Å². The van der Waals surface area contributed by atoms with E-state index in [0.717, 1.165) is 0 Å². The molecule has 1 amide bonds. The average Bonchev–Trinajstić information content (AvgIpc) is 2.62. The van der Waals surface area contributed by atoms with Gasteiger partial charge in [0.2, 0.25) is 0 Å². The van der Waals surface area contributed by atoms with Gasteiger partial charge >= 0.3 is 5.91 Å². The van der Waals surface area contributed by atoms with E-state index >= 15 is 0 Å². The van der Waals surface area contributed by atoms with E-state index in [0.29, 0.717) is 4.88 Å². The van der Waals surface area contributed by atoms with E-state index in [1.807, 2.05) is 5.43 Å². The second kappa shape index (κ2) is 2.63. The Bertz CT molecular complexity index is 369. The third-order valence-corrected chi connectivity index (χ3v) is 2.55. The van der Waals surface area contributed by atoms with Crippen LogP contribution in [0.3, 0.4) is 0 Å². The number of hydrazone groups is 1. The van der Waals surface area contributed by atoms with Crippen LogP contribution in [0.25, 0.3) is 0 Å². The monoisotopic (exact) mass is 198 g/mol. The molecule has 0 unspecified atom stereocenters. The normalized spacial score (nSPS) is 19.8. The van der Waals surface area contributed by atoms with E-state index in [2.05, 4.69) is 5.10 Å². The molecular weight excluding hydrogens is 192 g/mol. The standard InChI is InChI=1S/C7H6N2O3S/c10-6-7(11,12)5(8-9-6)4-2-1-3-13-4/h1-3,11-12H,(H,9,10). The summed E-state index contributed by atoms with van der Waals surface area (Å²) >= 11 is 1.28. The van der Waals surface area contributed by atoms with Crippen molar-refractivity contribution >= 4 is 23.0 Å². The van der Waals surface area contributed by atoms with Gasteiger partial charge in [-0.2, -0.15) is 5.10 Å². The first-order chi connectivity index (χ1) is 6.12. The third-order valence-electron chi connectivity index (χ3n) is 1.67. The summed E-state index contributed by atoms with van der Waals surface area (Å²) in [7, 11) is 0. The number of nitrogens with one attached hydrogen (secondary N) is 1. The lowest BCUT2D eigenvalue weighted by atomic mass is 10.1. The highest BCUT2D eigenvalue weighted by molar-refractivity contribution is 7.12. The van der Waals surface area contributed by atoms with Crippen LogP contribution in [0.4, 0.5) is 0 Å². The number of hydrogen-bond acceptors (Lipinski definition) is 5. The number of amides is 1. The maximum Gasteiger partial charge on any atom is 0.306 e. The molecule has 0 radical (unpaired) electrons. The van der Waals surface area contributed by atoms with Crippen molar-refractivity contribution in [2.24, 2.45) is 5.10 Å². The lowest BCUT2D eigenvalue weighted by Gasteiger charge is -2.11. The zero-order valence-corrected chi connectivity index (χ0v) is 7.21. The predicted octanol–water partition coefficient (Wildman–Crippen LogP) is -0.737. The number of hydrogen-bond donors (Lipinski definition) is 3. The minimum absolute atomic E-state index is 0.0486. The molecule has 2 rings (SSSR count). The summed E-state index contributed by atoms with van der Waals surface area (Å²) in [6.07, 6.45) is 0. The Hall–Kier alpha value is -1.24. The first-order valence-electron chi connectivity index (χ1n) is 3.49. The molecular formula is C7H6N2O3S. The summed E-state index contributed by atoms with van der Waals surface area (Å²) in [4.78, 5) is 11.4. The van der Waals surface area contributed by atoms with E-state index < -0.39 is 11.7 Å². The van der Waals surface area contributed by atoms with Gasteiger partial charge in [-0.3, -0.25) is 4.79 Å². The summed E-state index contributed by atoms with van der Waals surface area (Å²) in [5.74, 6) is -3.42. The Morgan fingerprint density at radius 2 is 2.31 bits per heavy atom. The average molecular weight is 198 g/mol. The van der Waals surface area contributed by atoms with Gasteiger partial charge in [-0.1, -0.05) is 6.07 Å². The SMILES string of the molecule is O=C1NN=C(c2cccs2)C1(O)O. The highest BCUT2D eigenvalue weighted by Crippen LogP contribution is 2.20. The van der Waals surface area contributed by atoms with Crippen LogP contribution >= 0.6 is 11.3 Å². The van der Waals surface area contributed by atoms with Gasteiger partial charge in [-0.05, 0) is 11.4 Å². The van der Waals surface area contributed by atoms with Gasteiger partial charge in [-0.15, -0.1) is 11.3 Å². The van der Waals surface area contributed by atoms with Gasteiger partial charge in [0, 0.05) is 0 Å². The molecule has 0 atom stereocenters. The molecule has 5 nitrogen and oxygen atoms in total. The number of carbonyl (C=O) groups is 1. The molecule has 1 aromatic heterocycles. The fraction of sp³-hybridized carbons (Fsp3) is 0.143. The van der Waals surface area contributed by atoms with E-state index in [1.165, 1.54) is 11.3 Å². The lowest BCUT2D eigenvalue weighted by molar-refractivity contribution is -0.158. The Kier molecular flexibility index (Phi) is 1.69. The van der Waals surface area contributed by atoms with Gasteiger partial charge in [0.1, 0.15) is 5.71 Å². The molecule has 0 fully saturated rings. The summed E-state index contributed by atoms with van der Waals surface area (Å²) in [6, 6.07) is 3.40. The smallest absolute Gasteiger partial charge is 0.306 e. The van der Waals surface area contributed by atoms with E-state index in [-0.39, 0.29) is 5.71 Å². The van der Waals surface area contributed by atoms with Crippen molar-refractivity contribution in [2.75, 3.05) is 0 Å². The third kappa shape index (κ3) is 1.15. The Morgan fingerprint density at radius 3 is 2.77 bits per heavy atom. The fourth-order valence-electron chi connectivity index (χ4n) is 1.01. The molecule has 0 saturated carbocycles. The van der Waals surface area contributed by atoms with Crippen molar-refractivity contribution in [3.05, 3.63) is 22.4 Å². The molecule has 1 aliphatic rings. The Morgan fingerprint density at radius 1 is 1.54 bits per heavy atom. The van der Waals surface area contributed by atoms with Crippen molar-refractivity contribution in [3.63, 3.8) is 0 Å². The number of aliphatic hydroxyl groups is 2. The zero-order chi connectivity index (χ0) is 9.47. The minimum atomic E-state index is -2.50.